The number of hydrogen-bond donors (Lipinski definition) is 4. The lowest BCUT2D eigenvalue weighted by Gasteiger charge is -2.23. The smallest absolute Gasteiger partial charge is 0.182 e. The highest BCUT2D eigenvalue weighted by Gasteiger charge is 2.54. The van der Waals surface area contributed by atoms with Crippen LogP contribution in [0.3, 0.4) is 0 Å². The van der Waals surface area contributed by atoms with Crippen LogP contribution in [0.5, 0.6) is 0 Å². The van der Waals surface area contributed by atoms with E-state index in [1.165, 1.54) is 10.9 Å². The molecule has 1 unspecified atom stereocenters. The maximum absolute atomic E-state index is 10.2. The molecule has 2 aromatic rings. The second kappa shape index (κ2) is 4.68. The van der Waals surface area contributed by atoms with E-state index in [4.69, 9.17) is 16.9 Å². The maximum atomic E-state index is 10.2. The molecule has 2 aromatic heterocycles. The average molecular weight is 290 g/mol. The highest BCUT2D eigenvalue weighted by molar-refractivity contribution is 5.86. The molecule has 1 saturated heterocycles. The molecule has 0 bridgehead atoms. The van der Waals surface area contributed by atoms with Crippen molar-refractivity contribution in [2.75, 3.05) is 12.3 Å². The summed E-state index contributed by atoms with van der Waals surface area (Å²) >= 11 is 0. The Morgan fingerprint density at radius 3 is 2.86 bits per heavy atom. The Labute approximate surface area is 119 Å². The molecule has 110 valence electrons. The molecule has 8 heteroatoms. The summed E-state index contributed by atoms with van der Waals surface area (Å²) in [4.78, 5) is 7.96. The van der Waals surface area contributed by atoms with Crippen LogP contribution in [-0.4, -0.2) is 54.3 Å². The van der Waals surface area contributed by atoms with Crippen molar-refractivity contribution in [2.45, 2.75) is 24.0 Å². The van der Waals surface area contributed by atoms with E-state index in [2.05, 4.69) is 15.9 Å². The molecule has 3 rings (SSSR count). The van der Waals surface area contributed by atoms with Gasteiger partial charge >= 0.3 is 0 Å². The van der Waals surface area contributed by atoms with Crippen LogP contribution in [0.1, 0.15) is 6.23 Å². The molecular formula is C13H14N4O4. The molecular weight excluding hydrogens is 276 g/mol. The van der Waals surface area contributed by atoms with E-state index in [0.29, 0.717) is 11.0 Å². The van der Waals surface area contributed by atoms with Crippen LogP contribution in [0.4, 0.5) is 5.82 Å². The van der Waals surface area contributed by atoms with E-state index < -0.39 is 30.6 Å². The second-order valence-corrected chi connectivity index (χ2v) is 4.85. The fourth-order valence-corrected chi connectivity index (χ4v) is 2.50. The maximum Gasteiger partial charge on any atom is 0.182 e. The van der Waals surface area contributed by atoms with Gasteiger partial charge in [0, 0.05) is 6.20 Å². The second-order valence-electron chi connectivity index (χ2n) is 4.85. The summed E-state index contributed by atoms with van der Waals surface area (Å²) in [6.45, 7) is -0.617. The number of aliphatic hydroxyl groups excluding tert-OH is 3. The van der Waals surface area contributed by atoms with Crippen molar-refractivity contribution in [3.63, 3.8) is 0 Å². The number of aliphatic hydroxyl groups is 3. The van der Waals surface area contributed by atoms with E-state index in [-0.39, 0.29) is 5.82 Å². The fraction of sp³-hybridized carbons (Fsp3) is 0.385. The number of nitrogen functional groups attached to an aromatic ring is 1. The molecule has 1 aliphatic rings. The minimum absolute atomic E-state index is 0.289. The number of fused-ring (bicyclic) bond motifs is 1. The Bertz CT molecular complexity index is 725. The van der Waals surface area contributed by atoms with Crippen molar-refractivity contribution >= 4 is 16.9 Å². The molecule has 0 aliphatic carbocycles. The van der Waals surface area contributed by atoms with Crippen molar-refractivity contribution < 1.29 is 20.1 Å². The molecule has 0 aromatic carbocycles. The van der Waals surface area contributed by atoms with Crippen molar-refractivity contribution in [1.82, 2.24) is 14.5 Å². The molecule has 0 radical (unpaired) electrons. The Morgan fingerprint density at radius 1 is 1.48 bits per heavy atom. The summed E-state index contributed by atoms with van der Waals surface area (Å²) in [7, 11) is 0. The summed E-state index contributed by atoms with van der Waals surface area (Å²) in [6.07, 6.45) is 4.47. The van der Waals surface area contributed by atoms with Crippen molar-refractivity contribution in [2.24, 2.45) is 0 Å². The highest BCUT2D eigenvalue weighted by Crippen LogP contribution is 2.38. The van der Waals surface area contributed by atoms with E-state index in [1.54, 1.807) is 12.3 Å². The molecule has 21 heavy (non-hydrogen) atoms. The predicted octanol–water partition coefficient (Wildman–Crippen LogP) is -1.37. The molecule has 1 aliphatic heterocycles. The largest absolute Gasteiger partial charge is 0.392 e. The van der Waals surface area contributed by atoms with Gasteiger partial charge < -0.3 is 30.4 Å². The van der Waals surface area contributed by atoms with E-state index in [9.17, 15) is 15.3 Å². The van der Waals surface area contributed by atoms with Crippen LogP contribution in [0.25, 0.3) is 11.0 Å². The summed E-state index contributed by atoms with van der Waals surface area (Å²) < 4.78 is 7.04. The standard InChI is InChI=1S/C13H14N4O4/c1-2-13(5-18)9(20)8(19)12(21-13)17-4-3-7-10(14)15-6-16-11(7)17/h1,3-4,6,8-9,12,18-20H,5H2,(H2,14,15,16)/t8-,9?,12+,13+/m0/s1. The third-order valence-corrected chi connectivity index (χ3v) is 3.72. The molecule has 0 amide bonds. The number of terminal acetylenes is 1. The topological polar surface area (TPSA) is 127 Å². The number of nitrogens with two attached hydrogens (primary N) is 1. The Kier molecular flexibility index (Phi) is 3.07. The van der Waals surface area contributed by atoms with Crippen LogP contribution >= 0.6 is 0 Å². The summed E-state index contributed by atoms with van der Waals surface area (Å²) in [5, 5.41) is 30.2. The lowest BCUT2D eigenvalue weighted by atomic mass is 9.97. The van der Waals surface area contributed by atoms with Gasteiger partial charge in [0.2, 0.25) is 0 Å². The number of aromatic nitrogens is 3. The zero-order chi connectivity index (χ0) is 15.2. The van der Waals surface area contributed by atoms with Gasteiger partial charge in [-0.05, 0) is 6.07 Å². The van der Waals surface area contributed by atoms with Gasteiger partial charge in [0.05, 0.1) is 12.0 Å². The monoisotopic (exact) mass is 290 g/mol. The van der Waals surface area contributed by atoms with Gasteiger partial charge in [0.25, 0.3) is 0 Å². The van der Waals surface area contributed by atoms with Crippen LogP contribution in [0, 0.1) is 12.3 Å². The highest BCUT2D eigenvalue weighted by atomic mass is 16.6. The van der Waals surface area contributed by atoms with Gasteiger partial charge in [-0.2, -0.15) is 0 Å². The average Bonchev–Trinajstić information content (AvgIpc) is 3.02. The zero-order valence-electron chi connectivity index (χ0n) is 10.9. The Morgan fingerprint density at radius 2 is 2.24 bits per heavy atom. The number of rotatable bonds is 2. The van der Waals surface area contributed by atoms with Crippen molar-refractivity contribution in [3.8, 4) is 12.3 Å². The SMILES string of the molecule is C#C[C@]1(CO)O[C@@H](n2ccc3c(N)ncnc32)[C@@H](O)C1O. The van der Waals surface area contributed by atoms with Crippen LogP contribution < -0.4 is 5.73 Å². The summed E-state index contributed by atoms with van der Waals surface area (Å²) in [6, 6.07) is 1.67. The van der Waals surface area contributed by atoms with E-state index in [0.717, 1.165) is 0 Å². The van der Waals surface area contributed by atoms with Crippen LogP contribution in [0.15, 0.2) is 18.6 Å². The van der Waals surface area contributed by atoms with Crippen molar-refractivity contribution in [1.29, 1.82) is 0 Å². The van der Waals surface area contributed by atoms with E-state index >= 15 is 0 Å². The lowest BCUT2D eigenvalue weighted by Crippen LogP contribution is -2.44. The summed E-state index contributed by atoms with van der Waals surface area (Å²) in [5.74, 6) is 2.49. The molecule has 1 fully saturated rings. The first-order valence-corrected chi connectivity index (χ1v) is 6.23. The van der Waals surface area contributed by atoms with Gasteiger partial charge in [-0.25, -0.2) is 9.97 Å². The predicted molar refractivity (Wildman–Crippen MR) is 72.7 cm³/mol. The molecule has 5 N–H and O–H groups in total. The van der Waals surface area contributed by atoms with Gasteiger partial charge in [-0.15, -0.1) is 6.42 Å². The van der Waals surface area contributed by atoms with Gasteiger partial charge in [0.1, 0.15) is 30.0 Å². The Hall–Kier alpha value is -2.18. The van der Waals surface area contributed by atoms with Crippen LogP contribution in [0.2, 0.25) is 0 Å². The van der Waals surface area contributed by atoms with Crippen LogP contribution in [-0.2, 0) is 4.74 Å². The lowest BCUT2D eigenvalue weighted by molar-refractivity contribution is -0.0909. The number of nitrogens with zero attached hydrogens (tertiary/aromatic N) is 3. The fourth-order valence-electron chi connectivity index (χ4n) is 2.50. The molecule has 0 spiro atoms. The van der Waals surface area contributed by atoms with Crippen molar-refractivity contribution in [3.05, 3.63) is 18.6 Å². The molecule has 3 heterocycles. The van der Waals surface area contributed by atoms with E-state index in [1.807, 2.05) is 0 Å². The zero-order valence-corrected chi connectivity index (χ0v) is 10.9. The van der Waals surface area contributed by atoms with Gasteiger partial charge in [-0.1, -0.05) is 5.92 Å². The number of anilines is 1. The normalized spacial score (nSPS) is 32.4. The first-order chi connectivity index (χ1) is 10.0. The third kappa shape index (κ3) is 1.80. The Balaban J connectivity index is 2.08. The summed E-state index contributed by atoms with van der Waals surface area (Å²) in [5.41, 5.74) is 4.53. The van der Waals surface area contributed by atoms with Gasteiger partial charge in [0.15, 0.2) is 11.8 Å². The minimum atomic E-state index is -1.65. The molecule has 8 nitrogen and oxygen atoms in total. The third-order valence-electron chi connectivity index (χ3n) is 3.72. The number of ether oxygens (including phenoxy) is 1. The quantitative estimate of drug-likeness (QED) is 0.502. The first-order valence-electron chi connectivity index (χ1n) is 6.23. The molecule has 4 atom stereocenters. The van der Waals surface area contributed by atoms with Gasteiger partial charge in [-0.3, -0.25) is 0 Å². The first kappa shape index (κ1) is 13.8. The molecule has 0 saturated carbocycles. The minimum Gasteiger partial charge on any atom is -0.392 e. The number of hydrogen-bond acceptors (Lipinski definition) is 7.